The fourth-order valence-electron chi connectivity index (χ4n) is 1.92. The highest BCUT2D eigenvalue weighted by molar-refractivity contribution is 5.27. The number of benzene rings is 1. The van der Waals surface area contributed by atoms with Crippen LogP contribution in [0, 0.1) is 0 Å². The summed E-state index contributed by atoms with van der Waals surface area (Å²) in [6.45, 7) is 7.42. The Morgan fingerprint density at radius 2 is 2.00 bits per heavy atom. The Balaban J connectivity index is 1.88. The molecule has 1 N–H and O–H groups in total. The highest BCUT2D eigenvalue weighted by Gasteiger charge is 2.04. The number of aryl methyl sites for hydroxylation is 1. The number of rotatable bonds is 8. The predicted molar refractivity (Wildman–Crippen MR) is 78.5 cm³/mol. The lowest BCUT2D eigenvalue weighted by molar-refractivity contribution is 0.286. The van der Waals surface area contributed by atoms with Gasteiger partial charge in [-0.3, -0.25) is 0 Å². The van der Waals surface area contributed by atoms with Crippen molar-refractivity contribution in [2.24, 2.45) is 0 Å². The smallest absolute Gasteiger partial charge is 0.164 e. The van der Waals surface area contributed by atoms with Gasteiger partial charge in [-0.15, -0.1) is 0 Å². The van der Waals surface area contributed by atoms with Crippen LogP contribution in [-0.4, -0.2) is 21.3 Å². The molecule has 0 aliphatic carbocycles. The van der Waals surface area contributed by atoms with Crippen molar-refractivity contribution in [1.29, 1.82) is 0 Å². The molecule has 0 amide bonds. The lowest BCUT2D eigenvalue weighted by atomic mass is 10.2. The van der Waals surface area contributed by atoms with Crippen LogP contribution < -0.4 is 10.1 Å². The molecule has 20 heavy (non-hydrogen) atoms. The average Bonchev–Trinajstić information content (AvgIpc) is 2.92. The second-order valence-electron chi connectivity index (χ2n) is 4.61. The SMILES string of the molecule is CCCn1ncnc1COc1ccc(CNCC)cc1. The molecule has 0 atom stereocenters. The van der Waals surface area contributed by atoms with Crippen LogP contribution in [0.15, 0.2) is 30.6 Å². The molecule has 0 saturated carbocycles. The molecule has 0 spiro atoms. The number of hydrogen-bond acceptors (Lipinski definition) is 4. The second kappa shape index (κ2) is 7.65. The molecule has 0 fully saturated rings. The third-order valence-corrected chi connectivity index (χ3v) is 3.00. The number of hydrogen-bond donors (Lipinski definition) is 1. The fraction of sp³-hybridized carbons (Fsp3) is 0.467. The first-order valence-electron chi connectivity index (χ1n) is 7.12. The largest absolute Gasteiger partial charge is 0.486 e. The average molecular weight is 274 g/mol. The zero-order valence-corrected chi connectivity index (χ0v) is 12.2. The van der Waals surface area contributed by atoms with Gasteiger partial charge in [-0.2, -0.15) is 5.10 Å². The molecular weight excluding hydrogens is 252 g/mol. The standard InChI is InChI=1S/C15H22N4O/c1-3-9-19-15(17-12-18-19)11-20-14-7-5-13(6-8-14)10-16-4-2/h5-8,12,16H,3-4,9-11H2,1-2H3. The van der Waals surface area contributed by atoms with E-state index >= 15 is 0 Å². The van der Waals surface area contributed by atoms with E-state index in [0.29, 0.717) is 6.61 Å². The Bertz CT molecular complexity index is 507. The number of ether oxygens (including phenoxy) is 1. The third-order valence-electron chi connectivity index (χ3n) is 3.00. The molecule has 5 nitrogen and oxygen atoms in total. The van der Waals surface area contributed by atoms with Crippen LogP contribution in [0.4, 0.5) is 0 Å². The van der Waals surface area contributed by atoms with Gasteiger partial charge in [-0.05, 0) is 30.7 Å². The van der Waals surface area contributed by atoms with Gasteiger partial charge in [0.25, 0.3) is 0 Å². The van der Waals surface area contributed by atoms with Crippen molar-refractivity contribution in [2.45, 2.75) is 40.0 Å². The Kier molecular flexibility index (Phi) is 5.55. The van der Waals surface area contributed by atoms with Gasteiger partial charge in [0.1, 0.15) is 18.7 Å². The highest BCUT2D eigenvalue weighted by atomic mass is 16.5. The molecule has 2 aromatic rings. The van der Waals surface area contributed by atoms with Crippen LogP contribution in [-0.2, 0) is 19.7 Å². The second-order valence-corrected chi connectivity index (χ2v) is 4.61. The Labute approximate surface area is 120 Å². The monoisotopic (exact) mass is 274 g/mol. The van der Waals surface area contributed by atoms with E-state index in [1.165, 1.54) is 5.56 Å². The van der Waals surface area contributed by atoms with E-state index in [9.17, 15) is 0 Å². The quantitative estimate of drug-likeness (QED) is 0.803. The molecule has 0 unspecified atom stereocenters. The van der Waals surface area contributed by atoms with Crippen LogP contribution in [0.5, 0.6) is 5.75 Å². The van der Waals surface area contributed by atoms with E-state index < -0.39 is 0 Å². The van der Waals surface area contributed by atoms with Crippen molar-refractivity contribution in [3.8, 4) is 5.75 Å². The van der Waals surface area contributed by atoms with Gasteiger partial charge in [-0.25, -0.2) is 9.67 Å². The molecule has 0 aliphatic rings. The normalized spacial score (nSPS) is 10.7. The summed E-state index contributed by atoms with van der Waals surface area (Å²) in [5.41, 5.74) is 1.26. The van der Waals surface area contributed by atoms with Crippen LogP contribution in [0.25, 0.3) is 0 Å². The summed E-state index contributed by atoms with van der Waals surface area (Å²) in [7, 11) is 0. The predicted octanol–water partition coefficient (Wildman–Crippen LogP) is 2.38. The maximum Gasteiger partial charge on any atom is 0.164 e. The molecule has 0 saturated heterocycles. The number of aromatic nitrogens is 3. The van der Waals surface area contributed by atoms with Crippen molar-refractivity contribution in [2.75, 3.05) is 6.54 Å². The van der Waals surface area contributed by atoms with Gasteiger partial charge in [0.15, 0.2) is 5.82 Å². The van der Waals surface area contributed by atoms with Gasteiger partial charge in [0.05, 0.1) is 0 Å². The van der Waals surface area contributed by atoms with E-state index in [2.05, 4.69) is 41.4 Å². The summed E-state index contributed by atoms with van der Waals surface area (Å²) < 4.78 is 7.64. The molecular formula is C15H22N4O. The Morgan fingerprint density at radius 1 is 1.20 bits per heavy atom. The van der Waals surface area contributed by atoms with Gasteiger partial charge >= 0.3 is 0 Å². The molecule has 0 radical (unpaired) electrons. The lowest BCUT2D eigenvalue weighted by Gasteiger charge is -2.08. The van der Waals surface area contributed by atoms with E-state index in [-0.39, 0.29) is 0 Å². The summed E-state index contributed by atoms with van der Waals surface area (Å²) >= 11 is 0. The summed E-state index contributed by atoms with van der Waals surface area (Å²) in [5.74, 6) is 1.72. The van der Waals surface area contributed by atoms with Gasteiger partial charge < -0.3 is 10.1 Å². The first kappa shape index (κ1) is 14.5. The Hall–Kier alpha value is -1.88. The van der Waals surface area contributed by atoms with E-state index in [4.69, 9.17) is 4.74 Å². The number of nitrogens with zero attached hydrogens (tertiary/aromatic N) is 3. The molecule has 2 rings (SSSR count). The van der Waals surface area contributed by atoms with Crippen molar-refractivity contribution in [3.63, 3.8) is 0 Å². The minimum Gasteiger partial charge on any atom is -0.486 e. The van der Waals surface area contributed by atoms with E-state index in [1.54, 1.807) is 6.33 Å². The summed E-state index contributed by atoms with van der Waals surface area (Å²) in [6, 6.07) is 8.14. The van der Waals surface area contributed by atoms with Crippen molar-refractivity contribution in [3.05, 3.63) is 42.0 Å². The van der Waals surface area contributed by atoms with E-state index in [0.717, 1.165) is 37.6 Å². The molecule has 1 aromatic heterocycles. The van der Waals surface area contributed by atoms with Crippen LogP contribution in [0.2, 0.25) is 0 Å². The zero-order chi connectivity index (χ0) is 14.2. The van der Waals surface area contributed by atoms with E-state index in [1.807, 2.05) is 16.8 Å². The van der Waals surface area contributed by atoms with Crippen LogP contribution in [0.3, 0.4) is 0 Å². The first-order chi connectivity index (χ1) is 9.83. The van der Waals surface area contributed by atoms with Gasteiger partial charge in [-0.1, -0.05) is 26.0 Å². The molecule has 1 aromatic carbocycles. The third kappa shape index (κ3) is 4.06. The lowest BCUT2D eigenvalue weighted by Crippen LogP contribution is -2.11. The topological polar surface area (TPSA) is 52.0 Å². The molecule has 1 heterocycles. The molecule has 0 aliphatic heterocycles. The molecule has 5 heteroatoms. The molecule has 0 bridgehead atoms. The molecule has 108 valence electrons. The maximum absolute atomic E-state index is 5.75. The first-order valence-corrected chi connectivity index (χ1v) is 7.12. The number of nitrogens with one attached hydrogen (secondary N) is 1. The van der Waals surface area contributed by atoms with Crippen molar-refractivity contribution in [1.82, 2.24) is 20.1 Å². The Morgan fingerprint density at radius 3 is 2.70 bits per heavy atom. The zero-order valence-electron chi connectivity index (χ0n) is 12.2. The highest BCUT2D eigenvalue weighted by Crippen LogP contribution is 2.13. The summed E-state index contributed by atoms with van der Waals surface area (Å²) in [5, 5.41) is 7.48. The minimum absolute atomic E-state index is 0.451. The minimum atomic E-state index is 0.451. The van der Waals surface area contributed by atoms with Crippen LogP contribution in [0.1, 0.15) is 31.7 Å². The van der Waals surface area contributed by atoms with Gasteiger partial charge in [0.2, 0.25) is 0 Å². The summed E-state index contributed by atoms with van der Waals surface area (Å²) in [6.07, 6.45) is 2.61. The van der Waals surface area contributed by atoms with Gasteiger partial charge in [0, 0.05) is 13.1 Å². The van der Waals surface area contributed by atoms with Crippen LogP contribution >= 0.6 is 0 Å². The van der Waals surface area contributed by atoms with Crippen molar-refractivity contribution >= 4 is 0 Å². The maximum atomic E-state index is 5.75. The fourth-order valence-corrected chi connectivity index (χ4v) is 1.92. The summed E-state index contributed by atoms with van der Waals surface area (Å²) in [4.78, 5) is 4.22. The van der Waals surface area contributed by atoms with Crippen molar-refractivity contribution < 1.29 is 4.74 Å².